The number of hydrogen-bond donors (Lipinski definition) is 2. The second-order valence-corrected chi connectivity index (χ2v) is 10.7. The number of nitrogens with zero attached hydrogens (tertiary/aromatic N) is 2. The number of benzene rings is 2. The van der Waals surface area contributed by atoms with E-state index in [2.05, 4.69) is 16.8 Å². The molecular weight excluding hydrogens is 452 g/mol. The van der Waals surface area contributed by atoms with Crippen LogP contribution >= 0.6 is 0 Å². The van der Waals surface area contributed by atoms with Gasteiger partial charge in [-0.1, -0.05) is 36.1 Å². The zero-order valence-corrected chi connectivity index (χ0v) is 19.8. The van der Waals surface area contributed by atoms with Gasteiger partial charge in [0.25, 0.3) is 0 Å². The molecule has 2 atom stereocenters. The normalized spacial score (nSPS) is 17.4. The van der Waals surface area contributed by atoms with Gasteiger partial charge in [-0.25, -0.2) is 13.4 Å². The first-order valence-electron chi connectivity index (χ1n) is 11.3. The van der Waals surface area contributed by atoms with Gasteiger partial charge in [0.05, 0.1) is 18.1 Å². The van der Waals surface area contributed by atoms with E-state index in [1.54, 1.807) is 23.9 Å². The summed E-state index contributed by atoms with van der Waals surface area (Å²) in [4.78, 5) is 4.13. The van der Waals surface area contributed by atoms with Crippen LogP contribution in [-0.4, -0.2) is 52.4 Å². The minimum atomic E-state index is -2.90. The summed E-state index contributed by atoms with van der Waals surface area (Å²) in [5, 5.41) is 19.6. The van der Waals surface area contributed by atoms with Crippen LogP contribution in [0.5, 0.6) is 5.75 Å². The molecule has 1 aromatic heterocycles. The minimum Gasteiger partial charge on any atom is -0.490 e. The summed E-state index contributed by atoms with van der Waals surface area (Å²) in [5.74, 6) is 7.72. The van der Waals surface area contributed by atoms with E-state index in [1.807, 2.05) is 48.5 Å². The van der Waals surface area contributed by atoms with Gasteiger partial charge < -0.3 is 19.5 Å². The van der Waals surface area contributed by atoms with Gasteiger partial charge in [0.1, 0.15) is 29.8 Å². The lowest BCUT2D eigenvalue weighted by atomic mass is 10.0. The third-order valence-electron chi connectivity index (χ3n) is 5.84. The molecule has 0 aliphatic carbocycles. The van der Waals surface area contributed by atoms with Gasteiger partial charge in [-0.2, -0.15) is 0 Å². The molecule has 1 aliphatic heterocycles. The molecule has 0 spiro atoms. The second-order valence-electron chi connectivity index (χ2n) is 8.41. The van der Waals surface area contributed by atoms with Crippen molar-refractivity contribution in [1.82, 2.24) is 9.55 Å². The molecule has 2 N–H and O–H groups in total. The maximum atomic E-state index is 11.6. The van der Waals surface area contributed by atoms with Crippen LogP contribution in [0.1, 0.15) is 43.3 Å². The van der Waals surface area contributed by atoms with Gasteiger partial charge >= 0.3 is 0 Å². The van der Waals surface area contributed by atoms with Crippen LogP contribution in [0.25, 0.3) is 11.1 Å². The van der Waals surface area contributed by atoms with Gasteiger partial charge in [0, 0.05) is 18.0 Å². The fourth-order valence-corrected chi connectivity index (χ4v) is 5.38. The fraction of sp³-hybridized carbons (Fsp3) is 0.346. The molecule has 0 unspecified atom stereocenters. The van der Waals surface area contributed by atoms with Gasteiger partial charge in [0.2, 0.25) is 0 Å². The molecule has 1 aliphatic rings. The Kier molecular flexibility index (Phi) is 7.37. The predicted octanol–water partition coefficient (Wildman–Crippen LogP) is 3.14. The first-order valence-corrected chi connectivity index (χ1v) is 13.1. The van der Waals surface area contributed by atoms with Crippen molar-refractivity contribution in [2.45, 2.75) is 38.0 Å². The molecular formula is C26H28N2O5S. The average molecular weight is 481 g/mol. The molecule has 7 nitrogen and oxygen atoms in total. The summed E-state index contributed by atoms with van der Waals surface area (Å²) >= 11 is 0. The number of hydrogen-bond acceptors (Lipinski definition) is 6. The monoisotopic (exact) mass is 480 g/mol. The van der Waals surface area contributed by atoms with Crippen LogP contribution in [0.15, 0.2) is 60.9 Å². The standard InChI is InChI=1S/C26H28N2O5S/c1-19(30)26-27-14-15-28(26)23(18-29)9-4-20-2-5-21(6-3-20)22-7-10-24(11-8-22)33-25-12-16-34(31,32)17-13-25/h2-3,5-8,10-11,14-15,19,23,25,29-30H,12-13,16-18H2,1H3/t19-,23-/m0/s1. The van der Waals surface area contributed by atoms with E-state index in [-0.39, 0.29) is 24.2 Å². The van der Waals surface area contributed by atoms with Crippen LogP contribution in [0.4, 0.5) is 0 Å². The predicted molar refractivity (Wildman–Crippen MR) is 130 cm³/mol. The Bertz CT molecular complexity index is 1260. The van der Waals surface area contributed by atoms with E-state index in [0.29, 0.717) is 18.7 Å². The van der Waals surface area contributed by atoms with E-state index in [1.165, 1.54) is 0 Å². The summed E-state index contributed by atoms with van der Waals surface area (Å²) in [6.45, 7) is 1.44. The van der Waals surface area contributed by atoms with Crippen molar-refractivity contribution in [2.24, 2.45) is 0 Å². The molecule has 2 heterocycles. The number of sulfone groups is 1. The SMILES string of the molecule is C[C@H](O)c1nccn1[C@@H](C#Cc1ccc(-c2ccc(OC3CCS(=O)(=O)CC3)cc2)cc1)CO. The van der Waals surface area contributed by atoms with Crippen LogP contribution < -0.4 is 4.74 Å². The highest BCUT2D eigenvalue weighted by atomic mass is 32.2. The molecule has 1 fully saturated rings. The molecule has 0 bridgehead atoms. The van der Waals surface area contributed by atoms with Crippen molar-refractivity contribution >= 4 is 9.84 Å². The maximum Gasteiger partial charge on any atom is 0.150 e. The summed E-state index contributed by atoms with van der Waals surface area (Å²) in [5.41, 5.74) is 2.88. The number of aliphatic hydroxyl groups excluding tert-OH is 2. The highest BCUT2D eigenvalue weighted by Crippen LogP contribution is 2.25. The molecule has 3 aromatic rings. The zero-order chi connectivity index (χ0) is 24.1. The molecule has 0 amide bonds. The maximum absolute atomic E-state index is 11.6. The Morgan fingerprint density at radius 1 is 1.09 bits per heavy atom. The fourth-order valence-electron chi connectivity index (χ4n) is 3.93. The first kappa shape index (κ1) is 24.0. The third kappa shape index (κ3) is 5.86. The molecule has 0 radical (unpaired) electrons. The second kappa shape index (κ2) is 10.4. The van der Waals surface area contributed by atoms with E-state index in [9.17, 15) is 18.6 Å². The Morgan fingerprint density at radius 2 is 1.71 bits per heavy atom. The Hall–Kier alpha value is -3.12. The summed E-state index contributed by atoms with van der Waals surface area (Å²) in [7, 11) is -2.90. The highest BCUT2D eigenvalue weighted by molar-refractivity contribution is 7.91. The number of imidazole rings is 1. The lowest BCUT2D eigenvalue weighted by Crippen LogP contribution is -2.30. The molecule has 178 valence electrons. The zero-order valence-electron chi connectivity index (χ0n) is 19.0. The van der Waals surface area contributed by atoms with Crippen molar-refractivity contribution in [3.63, 3.8) is 0 Å². The van der Waals surface area contributed by atoms with E-state index in [0.717, 1.165) is 22.4 Å². The number of ether oxygens (including phenoxy) is 1. The molecule has 0 saturated carbocycles. The largest absolute Gasteiger partial charge is 0.490 e. The van der Waals surface area contributed by atoms with Gasteiger partial charge in [-0.05, 0) is 55.2 Å². The first-order chi connectivity index (χ1) is 16.3. The Morgan fingerprint density at radius 3 is 2.29 bits per heavy atom. The number of aromatic nitrogens is 2. The topological polar surface area (TPSA) is 102 Å². The summed E-state index contributed by atoms with van der Waals surface area (Å²) in [6, 6.07) is 15.1. The van der Waals surface area contributed by atoms with Crippen LogP contribution in [0.3, 0.4) is 0 Å². The van der Waals surface area contributed by atoms with Crippen molar-refractivity contribution in [1.29, 1.82) is 0 Å². The van der Waals surface area contributed by atoms with Crippen molar-refractivity contribution in [3.8, 4) is 28.7 Å². The van der Waals surface area contributed by atoms with Gasteiger partial charge in [-0.15, -0.1) is 0 Å². The third-order valence-corrected chi connectivity index (χ3v) is 7.56. The Balaban J connectivity index is 1.40. The van der Waals surface area contributed by atoms with E-state index >= 15 is 0 Å². The van der Waals surface area contributed by atoms with Gasteiger partial charge in [-0.3, -0.25) is 0 Å². The molecule has 8 heteroatoms. The highest BCUT2D eigenvalue weighted by Gasteiger charge is 2.24. The van der Waals surface area contributed by atoms with Crippen LogP contribution in [-0.2, 0) is 9.84 Å². The van der Waals surface area contributed by atoms with Crippen LogP contribution in [0.2, 0.25) is 0 Å². The van der Waals surface area contributed by atoms with E-state index < -0.39 is 22.0 Å². The van der Waals surface area contributed by atoms with Crippen molar-refractivity contribution in [3.05, 3.63) is 72.3 Å². The van der Waals surface area contributed by atoms with Crippen molar-refractivity contribution < 1.29 is 23.4 Å². The van der Waals surface area contributed by atoms with Crippen molar-refractivity contribution in [2.75, 3.05) is 18.1 Å². The lowest BCUT2D eigenvalue weighted by Gasteiger charge is -2.23. The molecule has 2 aromatic carbocycles. The minimum absolute atomic E-state index is 0.0611. The van der Waals surface area contributed by atoms with E-state index in [4.69, 9.17) is 4.74 Å². The number of rotatable bonds is 6. The molecule has 1 saturated heterocycles. The summed E-state index contributed by atoms with van der Waals surface area (Å²) < 4.78 is 30.8. The average Bonchev–Trinajstić information content (AvgIpc) is 3.32. The molecule has 34 heavy (non-hydrogen) atoms. The smallest absolute Gasteiger partial charge is 0.150 e. The quantitative estimate of drug-likeness (QED) is 0.526. The Labute approximate surface area is 200 Å². The summed E-state index contributed by atoms with van der Waals surface area (Å²) in [6.07, 6.45) is 3.53. The number of aliphatic hydroxyl groups is 2. The molecule has 4 rings (SSSR count). The lowest BCUT2D eigenvalue weighted by molar-refractivity contribution is 0.176. The van der Waals surface area contributed by atoms with Gasteiger partial charge in [0.15, 0.2) is 9.84 Å². The van der Waals surface area contributed by atoms with Crippen LogP contribution in [0, 0.1) is 11.8 Å².